The first-order chi connectivity index (χ1) is 13.3. The van der Waals surface area contributed by atoms with Gasteiger partial charge in [0.1, 0.15) is 6.54 Å². The van der Waals surface area contributed by atoms with E-state index in [-0.39, 0.29) is 19.0 Å². The maximum atomic E-state index is 12.7. The fraction of sp³-hybridized carbons (Fsp3) is 0.400. The Morgan fingerprint density at radius 3 is 2.50 bits per heavy atom. The van der Waals surface area contributed by atoms with Gasteiger partial charge in [0.15, 0.2) is 0 Å². The van der Waals surface area contributed by atoms with Crippen LogP contribution in [0.4, 0.5) is 0 Å². The van der Waals surface area contributed by atoms with Crippen molar-refractivity contribution in [1.82, 2.24) is 14.0 Å². The Kier molecular flexibility index (Phi) is 5.77. The molecule has 28 heavy (non-hydrogen) atoms. The van der Waals surface area contributed by atoms with Crippen molar-refractivity contribution in [3.63, 3.8) is 0 Å². The van der Waals surface area contributed by atoms with Crippen LogP contribution in [0.2, 0.25) is 0 Å². The van der Waals surface area contributed by atoms with Gasteiger partial charge >= 0.3 is 11.7 Å². The van der Waals surface area contributed by atoms with Crippen LogP contribution in [0.5, 0.6) is 0 Å². The van der Waals surface area contributed by atoms with Crippen molar-refractivity contribution in [1.29, 1.82) is 0 Å². The van der Waals surface area contributed by atoms with Gasteiger partial charge in [-0.3, -0.25) is 23.5 Å². The number of amides is 1. The van der Waals surface area contributed by atoms with Crippen molar-refractivity contribution < 1.29 is 14.7 Å². The van der Waals surface area contributed by atoms with Crippen molar-refractivity contribution in [2.75, 3.05) is 13.1 Å². The van der Waals surface area contributed by atoms with Gasteiger partial charge in [-0.05, 0) is 17.9 Å². The molecule has 2 heterocycles. The fourth-order valence-corrected chi connectivity index (χ4v) is 3.57. The first kappa shape index (κ1) is 19.6. The van der Waals surface area contributed by atoms with Gasteiger partial charge in [-0.2, -0.15) is 0 Å². The molecule has 1 aromatic carbocycles. The summed E-state index contributed by atoms with van der Waals surface area (Å²) in [5.41, 5.74) is -0.220. The molecule has 1 saturated heterocycles. The zero-order valence-corrected chi connectivity index (χ0v) is 15.7. The molecule has 0 aliphatic carbocycles. The molecule has 8 nitrogen and oxygen atoms in total. The normalized spacial score (nSPS) is 19.4. The summed E-state index contributed by atoms with van der Waals surface area (Å²) in [5.74, 6) is -1.95. The largest absolute Gasteiger partial charge is 0.481 e. The number of likely N-dealkylation sites (tertiary alicyclic amines) is 1. The number of carboxylic acid groups (broad SMARTS) is 1. The zero-order valence-electron chi connectivity index (χ0n) is 15.7. The summed E-state index contributed by atoms with van der Waals surface area (Å²) in [5, 5.41) is 9.26. The minimum atomic E-state index is -0.938. The number of rotatable bonds is 5. The van der Waals surface area contributed by atoms with Gasteiger partial charge in [0.25, 0.3) is 5.56 Å². The molecule has 148 valence electrons. The van der Waals surface area contributed by atoms with Gasteiger partial charge in [-0.25, -0.2) is 4.79 Å². The summed E-state index contributed by atoms with van der Waals surface area (Å²) in [4.78, 5) is 50.3. The fourth-order valence-electron chi connectivity index (χ4n) is 3.57. The Labute approximate surface area is 161 Å². The first-order valence-corrected chi connectivity index (χ1v) is 9.20. The van der Waals surface area contributed by atoms with E-state index in [2.05, 4.69) is 0 Å². The Hall–Kier alpha value is -3.16. The molecular formula is C20H23N3O5. The number of carbonyl (C=O) groups is 2. The van der Waals surface area contributed by atoms with E-state index in [4.69, 9.17) is 0 Å². The molecule has 1 N–H and O–H groups in total. The van der Waals surface area contributed by atoms with Gasteiger partial charge < -0.3 is 10.0 Å². The third kappa shape index (κ3) is 4.39. The zero-order chi connectivity index (χ0) is 20.3. The molecule has 1 aliphatic heterocycles. The van der Waals surface area contributed by atoms with Gasteiger partial charge in [0, 0.05) is 25.4 Å². The van der Waals surface area contributed by atoms with Crippen LogP contribution in [0.3, 0.4) is 0 Å². The molecule has 1 aromatic heterocycles. The third-order valence-electron chi connectivity index (χ3n) is 4.99. The molecule has 2 aromatic rings. The van der Waals surface area contributed by atoms with Gasteiger partial charge in [-0.15, -0.1) is 0 Å². The second-order valence-electron chi connectivity index (χ2n) is 7.31. The number of benzene rings is 1. The van der Waals surface area contributed by atoms with Crippen molar-refractivity contribution in [2.45, 2.75) is 26.4 Å². The van der Waals surface area contributed by atoms with Crippen LogP contribution in [0.15, 0.2) is 52.2 Å². The molecule has 0 spiro atoms. The van der Waals surface area contributed by atoms with E-state index in [0.29, 0.717) is 13.0 Å². The van der Waals surface area contributed by atoms with E-state index >= 15 is 0 Å². The van der Waals surface area contributed by atoms with Crippen LogP contribution in [0.1, 0.15) is 18.9 Å². The SMILES string of the molecule is CC1CC(C(=O)O)CN(C(=O)Cn2c(=O)ccn(Cc3ccccc3)c2=O)C1. The molecule has 3 rings (SSSR count). The second kappa shape index (κ2) is 8.24. The quantitative estimate of drug-likeness (QED) is 0.813. The number of hydrogen-bond acceptors (Lipinski definition) is 4. The van der Waals surface area contributed by atoms with Crippen LogP contribution in [0, 0.1) is 11.8 Å². The van der Waals surface area contributed by atoms with E-state index in [1.54, 1.807) is 0 Å². The standard InChI is InChI=1S/C20H23N3O5/c1-14-9-16(19(26)27)12-22(10-14)18(25)13-23-17(24)7-8-21(20(23)28)11-15-5-3-2-4-6-15/h2-8,14,16H,9-13H2,1H3,(H,26,27). The second-order valence-corrected chi connectivity index (χ2v) is 7.31. The molecule has 0 bridgehead atoms. The van der Waals surface area contributed by atoms with E-state index in [9.17, 15) is 24.3 Å². The summed E-state index contributed by atoms with van der Waals surface area (Å²) in [6.07, 6.45) is 1.93. The minimum absolute atomic E-state index is 0.0426. The van der Waals surface area contributed by atoms with Gasteiger partial charge in [0.05, 0.1) is 12.5 Å². The Bertz CT molecular complexity index is 979. The lowest BCUT2D eigenvalue weighted by molar-refractivity contribution is -0.147. The highest BCUT2D eigenvalue weighted by molar-refractivity contribution is 5.78. The summed E-state index contributed by atoms with van der Waals surface area (Å²) in [6, 6.07) is 10.6. The number of nitrogens with zero attached hydrogens (tertiary/aromatic N) is 3. The maximum absolute atomic E-state index is 12.7. The minimum Gasteiger partial charge on any atom is -0.481 e. The molecule has 1 aliphatic rings. The Morgan fingerprint density at radius 1 is 1.11 bits per heavy atom. The van der Waals surface area contributed by atoms with E-state index in [0.717, 1.165) is 10.1 Å². The van der Waals surface area contributed by atoms with E-state index in [1.807, 2.05) is 37.3 Å². The molecule has 1 fully saturated rings. The third-order valence-corrected chi connectivity index (χ3v) is 4.99. The summed E-state index contributed by atoms with van der Waals surface area (Å²) in [6.45, 7) is 2.29. The predicted octanol–water partition coefficient (Wildman–Crippen LogP) is 0.628. The van der Waals surface area contributed by atoms with Crippen LogP contribution in [0.25, 0.3) is 0 Å². The average molecular weight is 385 g/mol. The molecule has 0 radical (unpaired) electrons. The maximum Gasteiger partial charge on any atom is 0.331 e. The van der Waals surface area contributed by atoms with Crippen molar-refractivity contribution in [3.05, 3.63) is 69.0 Å². The number of carbonyl (C=O) groups excluding carboxylic acids is 1. The summed E-state index contributed by atoms with van der Waals surface area (Å²) in [7, 11) is 0. The lowest BCUT2D eigenvalue weighted by Gasteiger charge is -2.34. The van der Waals surface area contributed by atoms with Gasteiger partial charge in [-0.1, -0.05) is 37.3 Å². The smallest absolute Gasteiger partial charge is 0.331 e. The molecule has 1 amide bonds. The molecule has 8 heteroatoms. The van der Waals surface area contributed by atoms with Gasteiger partial charge in [0.2, 0.25) is 5.91 Å². The molecular weight excluding hydrogens is 362 g/mol. The highest BCUT2D eigenvalue weighted by Gasteiger charge is 2.32. The number of carboxylic acids is 1. The van der Waals surface area contributed by atoms with E-state index < -0.39 is 35.6 Å². The van der Waals surface area contributed by atoms with Crippen LogP contribution in [-0.4, -0.2) is 44.1 Å². The molecule has 2 atom stereocenters. The number of piperidine rings is 1. The average Bonchev–Trinajstić information content (AvgIpc) is 2.67. The first-order valence-electron chi connectivity index (χ1n) is 9.20. The highest BCUT2D eigenvalue weighted by Crippen LogP contribution is 2.21. The number of aliphatic carboxylic acids is 1. The molecule has 2 unspecified atom stereocenters. The number of aromatic nitrogens is 2. The van der Waals surface area contributed by atoms with Crippen LogP contribution < -0.4 is 11.2 Å². The monoisotopic (exact) mass is 385 g/mol. The Morgan fingerprint density at radius 2 is 1.82 bits per heavy atom. The van der Waals surface area contributed by atoms with Crippen LogP contribution in [-0.2, 0) is 22.7 Å². The Balaban J connectivity index is 1.81. The van der Waals surface area contributed by atoms with Crippen molar-refractivity contribution >= 4 is 11.9 Å². The lowest BCUT2D eigenvalue weighted by Crippen LogP contribution is -2.49. The number of hydrogen-bond donors (Lipinski definition) is 1. The lowest BCUT2D eigenvalue weighted by atomic mass is 9.90. The van der Waals surface area contributed by atoms with Crippen molar-refractivity contribution in [2.24, 2.45) is 11.8 Å². The van der Waals surface area contributed by atoms with Crippen molar-refractivity contribution in [3.8, 4) is 0 Å². The summed E-state index contributed by atoms with van der Waals surface area (Å²) < 4.78 is 2.28. The molecule has 0 saturated carbocycles. The van der Waals surface area contributed by atoms with E-state index in [1.165, 1.54) is 21.7 Å². The van der Waals surface area contributed by atoms with Crippen LogP contribution >= 0.6 is 0 Å². The summed E-state index contributed by atoms with van der Waals surface area (Å²) >= 11 is 0. The topological polar surface area (TPSA) is 102 Å². The highest BCUT2D eigenvalue weighted by atomic mass is 16.4. The predicted molar refractivity (Wildman–Crippen MR) is 102 cm³/mol.